The molecule has 0 radical (unpaired) electrons. The first-order valence-corrected chi connectivity index (χ1v) is 15.5. The second kappa shape index (κ2) is 10.5. The van der Waals surface area contributed by atoms with Gasteiger partial charge in [-0.05, 0) is 56.9 Å². The summed E-state index contributed by atoms with van der Waals surface area (Å²) >= 11 is 0. The van der Waals surface area contributed by atoms with Gasteiger partial charge in [-0.1, -0.05) is 127 Å². The van der Waals surface area contributed by atoms with Crippen molar-refractivity contribution in [3.8, 4) is 0 Å². The van der Waals surface area contributed by atoms with Gasteiger partial charge in [-0.25, -0.2) is 4.99 Å². The molecule has 2 aliphatic heterocycles. The molecule has 3 heterocycles. The molecule has 0 fully saturated rings. The number of rotatable bonds is 4. The topological polar surface area (TPSA) is 53.4 Å². The molecule has 0 saturated heterocycles. The Kier molecular flexibility index (Phi) is 6.03. The first kappa shape index (κ1) is 25.8. The van der Waals surface area contributed by atoms with Crippen LogP contribution in [0.3, 0.4) is 0 Å². The van der Waals surface area contributed by atoms with Crippen LogP contribution in [0.4, 0.5) is 0 Å². The summed E-state index contributed by atoms with van der Waals surface area (Å²) in [6, 6.07) is 47.3. The van der Waals surface area contributed by atoms with Crippen LogP contribution in [0.15, 0.2) is 157 Å². The zero-order valence-corrected chi connectivity index (χ0v) is 24.6. The summed E-state index contributed by atoms with van der Waals surface area (Å²) in [7, 11) is 0. The Morgan fingerprint density at radius 1 is 0.578 bits per heavy atom. The normalized spacial score (nSPS) is 19.8. The van der Waals surface area contributed by atoms with Gasteiger partial charge in [-0.15, -0.1) is 0 Å². The van der Waals surface area contributed by atoms with Gasteiger partial charge in [0, 0.05) is 10.8 Å². The van der Waals surface area contributed by atoms with Crippen LogP contribution in [0.25, 0.3) is 49.2 Å². The molecule has 3 N–H and O–H groups in total. The van der Waals surface area contributed by atoms with E-state index in [9.17, 15) is 0 Å². The van der Waals surface area contributed by atoms with Gasteiger partial charge in [0.15, 0.2) is 0 Å². The highest BCUT2D eigenvalue weighted by Crippen LogP contribution is 2.37. The van der Waals surface area contributed by atoms with Crippen molar-refractivity contribution in [2.45, 2.75) is 18.4 Å². The molecular formula is C40H31N5. The molecule has 0 spiro atoms. The molecule has 3 unspecified atom stereocenters. The number of dihydropyridines is 1. The summed E-state index contributed by atoms with van der Waals surface area (Å²) in [6.07, 6.45) is 6.19. The van der Waals surface area contributed by atoms with Gasteiger partial charge >= 0.3 is 0 Å². The molecule has 7 aromatic rings. The molecule has 0 aliphatic carbocycles. The lowest BCUT2D eigenvalue weighted by Crippen LogP contribution is -2.52. The van der Waals surface area contributed by atoms with Crippen molar-refractivity contribution in [1.82, 2.24) is 20.5 Å². The number of amidine groups is 1. The third kappa shape index (κ3) is 4.40. The Morgan fingerprint density at radius 3 is 2.20 bits per heavy atom. The molecule has 0 bridgehead atoms. The zero-order valence-electron chi connectivity index (χ0n) is 24.6. The minimum Gasteiger partial charge on any atom is -0.358 e. The van der Waals surface area contributed by atoms with Crippen LogP contribution in [0, 0.1) is 0 Å². The van der Waals surface area contributed by atoms with E-state index in [1.807, 2.05) is 6.07 Å². The maximum Gasteiger partial charge on any atom is 0.129 e. The summed E-state index contributed by atoms with van der Waals surface area (Å²) < 4.78 is 2.35. The van der Waals surface area contributed by atoms with Gasteiger partial charge in [0.2, 0.25) is 0 Å². The lowest BCUT2D eigenvalue weighted by Gasteiger charge is -2.35. The van der Waals surface area contributed by atoms with E-state index in [1.165, 1.54) is 48.9 Å². The number of fused-ring (bicyclic) bond motifs is 6. The summed E-state index contributed by atoms with van der Waals surface area (Å²) in [6.45, 7) is 0. The standard InChI is InChI=1S/C40H31N5/c1-2-13-28(14-3-1)38-42-39(30-22-21-26-11-4-5-15-29(26)25-30)44-40(43-38)33-18-10-20-36(41-33)45-34-19-9-8-17-32(34)37-31-16-7-6-12-27(31)23-24-35(37)45/h1-25,33,38-39,41-42H,(H,43,44). The van der Waals surface area contributed by atoms with E-state index in [0.29, 0.717) is 0 Å². The van der Waals surface area contributed by atoms with Gasteiger partial charge in [0.25, 0.3) is 0 Å². The fraction of sp³-hybridized carbons (Fsp3) is 0.0750. The molecule has 45 heavy (non-hydrogen) atoms. The fourth-order valence-electron chi connectivity index (χ4n) is 6.91. The molecule has 5 heteroatoms. The molecule has 0 amide bonds. The third-order valence-corrected chi connectivity index (χ3v) is 9.07. The number of hydrogen-bond acceptors (Lipinski definition) is 4. The largest absolute Gasteiger partial charge is 0.358 e. The number of aromatic nitrogens is 1. The van der Waals surface area contributed by atoms with E-state index < -0.39 is 0 Å². The lowest BCUT2D eigenvalue weighted by atomic mass is 10.0. The third-order valence-electron chi connectivity index (χ3n) is 9.07. The van der Waals surface area contributed by atoms with Gasteiger partial charge in [-0.2, -0.15) is 0 Å². The molecular weight excluding hydrogens is 550 g/mol. The van der Waals surface area contributed by atoms with Crippen molar-refractivity contribution >= 4 is 55.0 Å². The highest BCUT2D eigenvalue weighted by molar-refractivity contribution is 6.21. The SMILES string of the molecule is C1=CC(C2=NC(c3ccccc3)NC(c3ccc4ccccc4c3)N2)NC(n2c3ccccc3c3c4ccccc4ccc32)=C1. The predicted molar refractivity (Wildman–Crippen MR) is 187 cm³/mol. The van der Waals surface area contributed by atoms with E-state index in [-0.39, 0.29) is 18.4 Å². The van der Waals surface area contributed by atoms with Crippen molar-refractivity contribution in [3.05, 3.63) is 163 Å². The number of benzene rings is 6. The van der Waals surface area contributed by atoms with Crippen LogP contribution in [0.5, 0.6) is 0 Å². The number of allylic oxidation sites excluding steroid dienone is 2. The molecule has 9 rings (SSSR count). The highest BCUT2D eigenvalue weighted by atomic mass is 15.3. The Labute approximate surface area is 261 Å². The van der Waals surface area contributed by atoms with E-state index in [2.05, 4.69) is 166 Å². The van der Waals surface area contributed by atoms with E-state index >= 15 is 0 Å². The van der Waals surface area contributed by atoms with Crippen LogP contribution in [0.2, 0.25) is 0 Å². The molecule has 2 aliphatic rings. The first-order valence-electron chi connectivity index (χ1n) is 15.5. The van der Waals surface area contributed by atoms with Crippen molar-refractivity contribution in [3.63, 3.8) is 0 Å². The van der Waals surface area contributed by atoms with E-state index in [0.717, 1.165) is 17.2 Å². The number of para-hydroxylation sites is 1. The average molecular weight is 582 g/mol. The lowest BCUT2D eigenvalue weighted by molar-refractivity contribution is 0.402. The summed E-state index contributed by atoms with van der Waals surface area (Å²) in [5, 5.41) is 18.8. The van der Waals surface area contributed by atoms with Gasteiger partial charge < -0.3 is 10.6 Å². The van der Waals surface area contributed by atoms with Gasteiger partial charge in [0.1, 0.15) is 30.0 Å². The molecule has 0 saturated carbocycles. The smallest absolute Gasteiger partial charge is 0.129 e. The summed E-state index contributed by atoms with van der Waals surface area (Å²) in [5.74, 6) is 1.92. The zero-order chi connectivity index (χ0) is 29.7. The van der Waals surface area contributed by atoms with Crippen molar-refractivity contribution in [2.24, 2.45) is 4.99 Å². The first-order chi connectivity index (χ1) is 22.3. The van der Waals surface area contributed by atoms with Crippen molar-refractivity contribution in [2.75, 3.05) is 0 Å². The molecule has 216 valence electrons. The average Bonchev–Trinajstić information content (AvgIpc) is 3.46. The van der Waals surface area contributed by atoms with Crippen LogP contribution in [-0.4, -0.2) is 16.4 Å². The summed E-state index contributed by atoms with van der Waals surface area (Å²) in [5.41, 5.74) is 4.66. The Bertz CT molecular complexity index is 2330. The van der Waals surface area contributed by atoms with E-state index in [4.69, 9.17) is 4.99 Å². The summed E-state index contributed by atoms with van der Waals surface area (Å²) in [4.78, 5) is 5.24. The second-order valence-corrected chi connectivity index (χ2v) is 11.8. The quantitative estimate of drug-likeness (QED) is 0.196. The minimum absolute atomic E-state index is 0.114. The maximum atomic E-state index is 5.24. The van der Waals surface area contributed by atoms with Crippen LogP contribution < -0.4 is 16.0 Å². The van der Waals surface area contributed by atoms with Crippen LogP contribution >= 0.6 is 0 Å². The Balaban J connectivity index is 1.12. The number of hydrogen-bond donors (Lipinski definition) is 3. The molecule has 1 aromatic heterocycles. The van der Waals surface area contributed by atoms with Crippen molar-refractivity contribution < 1.29 is 0 Å². The van der Waals surface area contributed by atoms with Crippen molar-refractivity contribution in [1.29, 1.82) is 0 Å². The number of nitrogens with one attached hydrogen (secondary N) is 3. The Morgan fingerprint density at radius 2 is 1.31 bits per heavy atom. The van der Waals surface area contributed by atoms with Gasteiger partial charge in [-0.3, -0.25) is 9.88 Å². The monoisotopic (exact) mass is 581 g/mol. The van der Waals surface area contributed by atoms with Crippen LogP contribution in [0.1, 0.15) is 23.5 Å². The minimum atomic E-state index is -0.192. The van der Waals surface area contributed by atoms with Crippen LogP contribution in [-0.2, 0) is 0 Å². The molecule has 6 aromatic carbocycles. The maximum absolute atomic E-state index is 5.24. The molecule has 3 atom stereocenters. The van der Waals surface area contributed by atoms with Gasteiger partial charge in [0.05, 0.1) is 11.0 Å². The Hall–Kier alpha value is -5.65. The number of aliphatic imine (C=N–C) groups is 1. The number of nitrogens with zero attached hydrogens (tertiary/aromatic N) is 2. The fourth-order valence-corrected chi connectivity index (χ4v) is 6.91. The highest BCUT2D eigenvalue weighted by Gasteiger charge is 2.29. The molecule has 5 nitrogen and oxygen atoms in total. The predicted octanol–water partition coefficient (Wildman–Crippen LogP) is 8.42. The second-order valence-electron chi connectivity index (χ2n) is 11.8. The van der Waals surface area contributed by atoms with E-state index in [1.54, 1.807) is 0 Å².